The Morgan fingerprint density at radius 2 is 2.08 bits per heavy atom. The average Bonchev–Trinajstić information content (AvgIpc) is 2.08. The predicted molar refractivity (Wildman–Crippen MR) is 40.9 cm³/mol. The molecule has 0 amide bonds. The van der Waals surface area contributed by atoms with Gasteiger partial charge in [0.15, 0.2) is 11.6 Å². The lowest BCUT2D eigenvalue weighted by Gasteiger charge is -2.07. The molecular weight excluding hydrogens is 180 g/mol. The second-order valence-corrected chi connectivity index (χ2v) is 2.46. The van der Waals surface area contributed by atoms with Crippen LogP contribution in [0.25, 0.3) is 0 Å². The minimum atomic E-state index is -1.53. The van der Waals surface area contributed by atoms with E-state index in [0.717, 1.165) is 12.1 Å². The van der Waals surface area contributed by atoms with Crippen LogP contribution in [0.4, 0.5) is 8.78 Å². The fraction of sp³-hybridized carbons (Fsp3) is 0.125. The molecule has 1 unspecified atom stereocenters. The number of rotatable bonds is 2. The quantitative estimate of drug-likeness (QED) is 0.727. The van der Waals surface area contributed by atoms with E-state index in [4.69, 9.17) is 10.8 Å². The molecule has 70 valence electrons. The molecule has 0 aliphatic rings. The molecule has 5 heteroatoms. The number of carboxylic acids is 1. The lowest BCUT2D eigenvalue weighted by Crippen LogP contribution is -2.22. The lowest BCUT2D eigenvalue weighted by atomic mass is 10.1. The second kappa shape index (κ2) is 3.49. The van der Waals surface area contributed by atoms with E-state index in [-0.39, 0.29) is 5.56 Å². The van der Waals surface area contributed by atoms with Crippen LogP contribution in [-0.4, -0.2) is 11.1 Å². The molecule has 0 fully saturated rings. The van der Waals surface area contributed by atoms with Gasteiger partial charge in [0.1, 0.15) is 6.04 Å². The van der Waals surface area contributed by atoms with Crippen LogP contribution < -0.4 is 5.73 Å². The van der Waals surface area contributed by atoms with Crippen LogP contribution >= 0.6 is 0 Å². The molecule has 0 aliphatic heterocycles. The Balaban J connectivity index is 3.15. The van der Waals surface area contributed by atoms with Gasteiger partial charge in [0.25, 0.3) is 0 Å². The summed E-state index contributed by atoms with van der Waals surface area (Å²) >= 11 is 0. The van der Waals surface area contributed by atoms with E-state index in [2.05, 4.69) is 0 Å². The zero-order valence-corrected chi connectivity index (χ0v) is 6.50. The fourth-order valence-corrected chi connectivity index (χ4v) is 0.894. The Hall–Kier alpha value is -1.49. The number of carbonyl (C=O) groups is 1. The van der Waals surface area contributed by atoms with Gasteiger partial charge in [0.2, 0.25) is 0 Å². The number of nitrogens with two attached hydrogens (primary N) is 1. The number of halogens is 2. The highest BCUT2D eigenvalue weighted by molar-refractivity contribution is 5.75. The molecule has 0 bridgehead atoms. The van der Waals surface area contributed by atoms with Crippen LogP contribution in [0.5, 0.6) is 0 Å². The molecule has 3 nitrogen and oxygen atoms in total. The van der Waals surface area contributed by atoms with Crippen molar-refractivity contribution in [2.45, 2.75) is 6.04 Å². The monoisotopic (exact) mass is 187 g/mol. The predicted octanol–water partition coefficient (Wildman–Crippen LogP) is 1.05. The Labute approximate surface area is 72.8 Å². The van der Waals surface area contributed by atoms with Crippen LogP contribution in [0.15, 0.2) is 18.2 Å². The van der Waals surface area contributed by atoms with Gasteiger partial charge in [0, 0.05) is 5.56 Å². The van der Waals surface area contributed by atoms with Crippen molar-refractivity contribution in [1.29, 1.82) is 0 Å². The Kier molecular flexibility index (Phi) is 2.57. The maximum atomic E-state index is 12.9. The Bertz CT molecular complexity index is 341. The molecule has 0 saturated carbocycles. The van der Waals surface area contributed by atoms with Gasteiger partial charge in [-0.25, -0.2) is 8.78 Å². The first kappa shape index (κ1) is 9.60. The maximum Gasteiger partial charge on any atom is 0.325 e. The minimum absolute atomic E-state index is 0.354. The zero-order chi connectivity index (χ0) is 10.0. The highest BCUT2D eigenvalue weighted by Gasteiger charge is 2.19. The zero-order valence-electron chi connectivity index (χ0n) is 6.50. The van der Waals surface area contributed by atoms with Crippen molar-refractivity contribution in [1.82, 2.24) is 0 Å². The third kappa shape index (κ3) is 1.81. The molecule has 0 spiro atoms. The van der Waals surface area contributed by atoms with Crippen LogP contribution in [0.2, 0.25) is 0 Å². The van der Waals surface area contributed by atoms with Gasteiger partial charge in [-0.2, -0.15) is 0 Å². The van der Waals surface area contributed by atoms with E-state index < -0.39 is 23.6 Å². The van der Waals surface area contributed by atoms with Crippen molar-refractivity contribution >= 4 is 5.97 Å². The van der Waals surface area contributed by atoms with Crippen molar-refractivity contribution in [3.05, 3.63) is 35.4 Å². The van der Waals surface area contributed by atoms with Gasteiger partial charge in [0.05, 0.1) is 0 Å². The lowest BCUT2D eigenvalue weighted by molar-refractivity contribution is -0.138. The van der Waals surface area contributed by atoms with E-state index in [1.165, 1.54) is 6.07 Å². The number of hydrogen-bond acceptors (Lipinski definition) is 2. The first-order chi connectivity index (χ1) is 6.04. The molecule has 1 aromatic rings. The molecule has 13 heavy (non-hydrogen) atoms. The maximum absolute atomic E-state index is 12.9. The number of benzene rings is 1. The van der Waals surface area contributed by atoms with Gasteiger partial charge >= 0.3 is 5.97 Å². The van der Waals surface area contributed by atoms with Crippen LogP contribution in [-0.2, 0) is 4.79 Å². The standard InChI is InChI=1S/C8H7F2NO2/c9-5-3-1-2-4(6(5)10)7(11)8(12)13/h1-3,7H,11H2,(H,12,13). The summed E-state index contributed by atoms with van der Waals surface area (Å²) in [6, 6.07) is 1.71. The van der Waals surface area contributed by atoms with Crippen LogP contribution in [0.3, 0.4) is 0 Å². The highest BCUT2D eigenvalue weighted by Crippen LogP contribution is 2.17. The van der Waals surface area contributed by atoms with Gasteiger partial charge in [-0.1, -0.05) is 12.1 Å². The topological polar surface area (TPSA) is 63.3 Å². The van der Waals surface area contributed by atoms with Crippen LogP contribution in [0.1, 0.15) is 11.6 Å². The molecule has 1 rings (SSSR count). The van der Waals surface area contributed by atoms with E-state index in [1.54, 1.807) is 0 Å². The minimum Gasteiger partial charge on any atom is -0.480 e. The third-order valence-electron chi connectivity index (χ3n) is 1.58. The third-order valence-corrected chi connectivity index (χ3v) is 1.58. The summed E-state index contributed by atoms with van der Waals surface area (Å²) < 4.78 is 25.5. The van der Waals surface area contributed by atoms with Crippen molar-refractivity contribution < 1.29 is 18.7 Å². The molecule has 0 aromatic heterocycles. The second-order valence-electron chi connectivity index (χ2n) is 2.46. The largest absolute Gasteiger partial charge is 0.480 e. The summed E-state index contributed by atoms with van der Waals surface area (Å²) in [6.07, 6.45) is 0. The van der Waals surface area contributed by atoms with E-state index >= 15 is 0 Å². The number of carboxylic acid groups (broad SMARTS) is 1. The first-order valence-corrected chi connectivity index (χ1v) is 3.46. The average molecular weight is 187 g/mol. The molecule has 0 saturated heterocycles. The number of hydrogen-bond donors (Lipinski definition) is 2. The smallest absolute Gasteiger partial charge is 0.325 e. The summed E-state index contributed by atoms with van der Waals surface area (Å²) in [5.41, 5.74) is 4.75. The molecule has 0 heterocycles. The van der Waals surface area contributed by atoms with Crippen molar-refractivity contribution in [2.24, 2.45) is 5.73 Å². The van der Waals surface area contributed by atoms with Crippen molar-refractivity contribution in [2.75, 3.05) is 0 Å². The summed E-state index contributed by atoms with van der Waals surface area (Å²) in [7, 11) is 0. The molecule has 3 N–H and O–H groups in total. The van der Waals surface area contributed by atoms with Crippen LogP contribution in [0, 0.1) is 11.6 Å². The van der Waals surface area contributed by atoms with E-state index in [9.17, 15) is 13.6 Å². The molecule has 1 aromatic carbocycles. The van der Waals surface area contributed by atoms with Gasteiger partial charge in [-0.3, -0.25) is 4.79 Å². The molecule has 0 aliphatic carbocycles. The Morgan fingerprint density at radius 3 is 2.62 bits per heavy atom. The van der Waals surface area contributed by atoms with E-state index in [0.29, 0.717) is 0 Å². The SMILES string of the molecule is NC(C(=O)O)c1cccc(F)c1F. The summed E-state index contributed by atoms with van der Waals surface area (Å²) in [6.45, 7) is 0. The highest BCUT2D eigenvalue weighted by atomic mass is 19.2. The first-order valence-electron chi connectivity index (χ1n) is 3.46. The van der Waals surface area contributed by atoms with Gasteiger partial charge < -0.3 is 10.8 Å². The summed E-state index contributed by atoms with van der Waals surface area (Å²) in [5.74, 6) is -3.71. The number of aliphatic carboxylic acids is 1. The van der Waals surface area contributed by atoms with Crippen molar-refractivity contribution in [3.63, 3.8) is 0 Å². The Morgan fingerprint density at radius 1 is 1.46 bits per heavy atom. The van der Waals surface area contributed by atoms with Crippen molar-refractivity contribution in [3.8, 4) is 0 Å². The summed E-state index contributed by atoms with van der Waals surface area (Å²) in [4.78, 5) is 10.3. The van der Waals surface area contributed by atoms with E-state index in [1.807, 2.05) is 0 Å². The van der Waals surface area contributed by atoms with Gasteiger partial charge in [-0.05, 0) is 6.07 Å². The molecular formula is C8H7F2NO2. The normalized spacial score (nSPS) is 12.5. The summed E-state index contributed by atoms with van der Waals surface area (Å²) in [5, 5.41) is 8.44. The fourth-order valence-electron chi connectivity index (χ4n) is 0.894. The van der Waals surface area contributed by atoms with Gasteiger partial charge in [-0.15, -0.1) is 0 Å². The molecule has 0 radical (unpaired) electrons. The molecule has 1 atom stereocenters.